The second-order valence-electron chi connectivity index (χ2n) is 5.05. The zero-order valence-corrected chi connectivity index (χ0v) is 10.2. The van der Waals surface area contributed by atoms with Crippen LogP contribution in [0.1, 0.15) is 31.2 Å². The van der Waals surface area contributed by atoms with Crippen molar-refractivity contribution >= 4 is 5.97 Å². The summed E-state index contributed by atoms with van der Waals surface area (Å²) < 4.78 is 13.9. The van der Waals surface area contributed by atoms with E-state index in [1.165, 1.54) is 12.1 Å². The fourth-order valence-corrected chi connectivity index (χ4v) is 2.36. The SMILES string of the molecule is NCC(CCC1CC1)(C(=O)O)c1ccccc1F. The van der Waals surface area contributed by atoms with Gasteiger partial charge in [0.25, 0.3) is 0 Å². The molecule has 98 valence electrons. The lowest BCUT2D eigenvalue weighted by atomic mass is 9.76. The van der Waals surface area contributed by atoms with Crippen molar-refractivity contribution in [1.29, 1.82) is 0 Å². The standard InChI is InChI=1S/C14H18FNO2/c15-12-4-2-1-3-11(12)14(9-16,13(17)18)8-7-10-5-6-10/h1-4,10H,5-9,16H2,(H,17,18). The van der Waals surface area contributed by atoms with Crippen molar-refractivity contribution in [2.24, 2.45) is 11.7 Å². The largest absolute Gasteiger partial charge is 0.481 e. The van der Waals surface area contributed by atoms with Crippen molar-refractivity contribution in [3.63, 3.8) is 0 Å². The van der Waals surface area contributed by atoms with Gasteiger partial charge in [-0.2, -0.15) is 0 Å². The second-order valence-corrected chi connectivity index (χ2v) is 5.05. The first-order valence-corrected chi connectivity index (χ1v) is 6.28. The molecule has 1 aliphatic carbocycles. The Hall–Kier alpha value is -1.42. The highest BCUT2D eigenvalue weighted by Gasteiger charge is 2.42. The van der Waals surface area contributed by atoms with E-state index in [1.807, 2.05) is 0 Å². The van der Waals surface area contributed by atoms with Gasteiger partial charge in [0.1, 0.15) is 11.2 Å². The number of rotatable bonds is 6. The molecule has 1 fully saturated rings. The third-order valence-electron chi connectivity index (χ3n) is 3.82. The summed E-state index contributed by atoms with van der Waals surface area (Å²) >= 11 is 0. The molecular weight excluding hydrogens is 233 g/mol. The third-order valence-corrected chi connectivity index (χ3v) is 3.82. The average molecular weight is 251 g/mol. The van der Waals surface area contributed by atoms with Crippen molar-refractivity contribution < 1.29 is 14.3 Å². The van der Waals surface area contributed by atoms with Crippen LogP contribution >= 0.6 is 0 Å². The van der Waals surface area contributed by atoms with Crippen molar-refractivity contribution in [2.45, 2.75) is 31.1 Å². The van der Waals surface area contributed by atoms with Gasteiger partial charge in [0.15, 0.2) is 0 Å². The molecule has 4 heteroatoms. The maximum Gasteiger partial charge on any atom is 0.315 e. The molecule has 0 heterocycles. The molecule has 1 aromatic rings. The number of hydrogen-bond acceptors (Lipinski definition) is 2. The highest BCUT2D eigenvalue weighted by atomic mass is 19.1. The van der Waals surface area contributed by atoms with E-state index in [0.29, 0.717) is 12.3 Å². The molecule has 1 atom stereocenters. The molecule has 1 aliphatic rings. The minimum absolute atomic E-state index is 0.0734. The molecule has 18 heavy (non-hydrogen) atoms. The molecule has 3 nitrogen and oxygen atoms in total. The van der Waals surface area contributed by atoms with E-state index < -0.39 is 17.2 Å². The zero-order valence-electron chi connectivity index (χ0n) is 10.2. The molecule has 0 amide bonds. The maximum absolute atomic E-state index is 13.9. The van der Waals surface area contributed by atoms with E-state index in [4.69, 9.17) is 5.73 Å². The van der Waals surface area contributed by atoms with Crippen LogP contribution in [0.4, 0.5) is 4.39 Å². The van der Waals surface area contributed by atoms with Crippen molar-refractivity contribution in [2.75, 3.05) is 6.54 Å². The van der Waals surface area contributed by atoms with Gasteiger partial charge in [-0.1, -0.05) is 31.0 Å². The predicted molar refractivity (Wildman–Crippen MR) is 66.7 cm³/mol. The summed E-state index contributed by atoms with van der Waals surface area (Å²) in [6, 6.07) is 6.04. The smallest absolute Gasteiger partial charge is 0.315 e. The Morgan fingerprint density at radius 2 is 2.11 bits per heavy atom. The number of hydrogen-bond donors (Lipinski definition) is 2. The topological polar surface area (TPSA) is 63.3 Å². The van der Waals surface area contributed by atoms with E-state index in [-0.39, 0.29) is 12.1 Å². The van der Waals surface area contributed by atoms with Crippen LogP contribution in [0.3, 0.4) is 0 Å². The zero-order chi connectivity index (χ0) is 13.2. The van der Waals surface area contributed by atoms with Gasteiger partial charge in [-0.15, -0.1) is 0 Å². The number of benzene rings is 1. The van der Waals surface area contributed by atoms with Crippen LogP contribution in [0, 0.1) is 11.7 Å². The molecule has 1 saturated carbocycles. The molecule has 3 N–H and O–H groups in total. The average Bonchev–Trinajstić information content (AvgIpc) is 3.16. The van der Waals surface area contributed by atoms with E-state index in [0.717, 1.165) is 19.3 Å². The predicted octanol–water partition coefficient (Wildman–Crippen LogP) is 2.30. The summed E-state index contributed by atoms with van der Waals surface area (Å²) in [5.74, 6) is -0.918. The van der Waals surface area contributed by atoms with E-state index in [9.17, 15) is 14.3 Å². The molecule has 0 radical (unpaired) electrons. The minimum atomic E-state index is -1.28. The quantitative estimate of drug-likeness (QED) is 0.815. The summed E-state index contributed by atoms with van der Waals surface area (Å²) in [4.78, 5) is 11.6. The lowest BCUT2D eigenvalue weighted by Gasteiger charge is -2.29. The van der Waals surface area contributed by atoms with Gasteiger partial charge in [0, 0.05) is 12.1 Å². The Morgan fingerprint density at radius 1 is 1.44 bits per heavy atom. The van der Waals surface area contributed by atoms with Gasteiger partial charge in [-0.05, 0) is 24.8 Å². The second kappa shape index (κ2) is 5.06. The number of aliphatic carboxylic acids is 1. The number of nitrogens with two attached hydrogens (primary N) is 1. The molecular formula is C14H18FNO2. The van der Waals surface area contributed by atoms with Crippen LogP contribution in [0.5, 0.6) is 0 Å². The van der Waals surface area contributed by atoms with Crippen molar-refractivity contribution in [3.05, 3.63) is 35.6 Å². The number of carbonyl (C=O) groups is 1. The van der Waals surface area contributed by atoms with Crippen LogP contribution in [-0.4, -0.2) is 17.6 Å². The van der Waals surface area contributed by atoms with Crippen molar-refractivity contribution in [3.8, 4) is 0 Å². The van der Waals surface area contributed by atoms with E-state index in [1.54, 1.807) is 12.1 Å². The summed E-state index contributed by atoms with van der Waals surface area (Å²) in [6.07, 6.45) is 3.51. The van der Waals surface area contributed by atoms with E-state index >= 15 is 0 Å². The first-order valence-electron chi connectivity index (χ1n) is 6.28. The molecule has 1 unspecified atom stereocenters. The van der Waals surface area contributed by atoms with Crippen LogP contribution in [0.2, 0.25) is 0 Å². The number of carboxylic acids is 1. The van der Waals surface area contributed by atoms with Gasteiger partial charge in [-0.3, -0.25) is 4.79 Å². The molecule has 0 aromatic heterocycles. The van der Waals surface area contributed by atoms with Gasteiger partial charge in [0.2, 0.25) is 0 Å². The van der Waals surface area contributed by atoms with Crippen LogP contribution in [0.15, 0.2) is 24.3 Å². The van der Waals surface area contributed by atoms with Crippen molar-refractivity contribution in [1.82, 2.24) is 0 Å². The Bertz CT molecular complexity index is 445. The molecule has 0 bridgehead atoms. The van der Waals surface area contributed by atoms with Crippen LogP contribution in [0.25, 0.3) is 0 Å². The van der Waals surface area contributed by atoms with E-state index in [2.05, 4.69) is 0 Å². The Kier molecular flexibility index (Phi) is 3.66. The number of halogens is 1. The van der Waals surface area contributed by atoms with Crippen LogP contribution in [-0.2, 0) is 10.2 Å². The van der Waals surface area contributed by atoms with Gasteiger partial charge in [0.05, 0.1) is 0 Å². The Labute approximate surface area is 106 Å². The summed E-state index contributed by atoms with van der Waals surface area (Å²) in [5, 5.41) is 9.49. The van der Waals surface area contributed by atoms with Gasteiger partial charge < -0.3 is 10.8 Å². The fraction of sp³-hybridized carbons (Fsp3) is 0.500. The first-order chi connectivity index (χ1) is 8.60. The van der Waals surface area contributed by atoms with Gasteiger partial charge in [-0.25, -0.2) is 4.39 Å². The highest BCUT2D eigenvalue weighted by molar-refractivity contribution is 5.81. The summed E-state index contributed by atoms with van der Waals surface area (Å²) in [5.41, 5.74) is 4.59. The Morgan fingerprint density at radius 3 is 2.61 bits per heavy atom. The maximum atomic E-state index is 13.9. The lowest BCUT2D eigenvalue weighted by Crippen LogP contribution is -2.43. The fourth-order valence-electron chi connectivity index (χ4n) is 2.36. The lowest BCUT2D eigenvalue weighted by molar-refractivity contribution is -0.144. The summed E-state index contributed by atoms with van der Waals surface area (Å²) in [6.45, 7) is -0.0734. The monoisotopic (exact) mass is 251 g/mol. The third kappa shape index (κ3) is 2.38. The normalized spacial score (nSPS) is 18.3. The first kappa shape index (κ1) is 13.0. The highest BCUT2D eigenvalue weighted by Crippen LogP contribution is 2.39. The number of carboxylic acid groups (broad SMARTS) is 1. The molecule has 0 spiro atoms. The van der Waals surface area contributed by atoms with Gasteiger partial charge >= 0.3 is 5.97 Å². The minimum Gasteiger partial charge on any atom is -0.481 e. The molecule has 0 aliphatic heterocycles. The van der Waals surface area contributed by atoms with Crippen LogP contribution < -0.4 is 5.73 Å². The summed E-state index contributed by atoms with van der Waals surface area (Å²) in [7, 11) is 0. The Balaban J connectivity index is 2.32. The molecule has 2 rings (SSSR count). The molecule has 1 aromatic carbocycles. The molecule has 0 saturated heterocycles.